The van der Waals surface area contributed by atoms with Gasteiger partial charge in [0.25, 0.3) is 0 Å². The van der Waals surface area contributed by atoms with Crippen LogP contribution in [0.25, 0.3) is 0 Å². The number of aliphatic hydroxyl groups excluding tert-OH is 1. The molecule has 1 heterocycles. The molecule has 0 aliphatic carbocycles. The molecule has 1 aliphatic rings. The van der Waals surface area contributed by atoms with E-state index in [0.717, 1.165) is 18.9 Å². The van der Waals surface area contributed by atoms with Crippen LogP contribution in [0.5, 0.6) is 0 Å². The van der Waals surface area contributed by atoms with Gasteiger partial charge >= 0.3 is 0 Å². The summed E-state index contributed by atoms with van der Waals surface area (Å²) >= 11 is 0. The summed E-state index contributed by atoms with van der Waals surface area (Å²) in [6, 6.07) is 0. The molecule has 0 bridgehead atoms. The maximum Gasteiger partial charge on any atom is 0.0524 e. The molecule has 2 N–H and O–H groups in total. The standard InChI is InChI=1S/C11H24N2O/c1-10(14)5-8-13(2)9-11-3-6-12-7-4-11/h10-12,14H,3-9H2,1-2H3. The van der Waals surface area contributed by atoms with Gasteiger partial charge in [0.15, 0.2) is 0 Å². The lowest BCUT2D eigenvalue weighted by atomic mass is 9.97. The molecule has 0 aromatic rings. The van der Waals surface area contributed by atoms with Crippen LogP contribution in [-0.2, 0) is 0 Å². The minimum atomic E-state index is -0.162. The van der Waals surface area contributed by atoms with E-state index in [1.807, 2.05) is 6.92 Å². The van der Waals surface area contributed by atoms with Crippen molar-refractivity contribution in [3.05, 3.63) is 0 Å². The van der Waals surface area contributed by atoms with Crippen molar-refractivity contribution >= 4 is 0 Å². The first-order valence-corrected chi connectivity index (χ1v) is 5.76. The molecule has 0 spiro atoms. The smallest absolute Gasteiger partial charge is 0.0524 e. The minimum Gasteiger partial charge on any atom is -0.393 e. The first-order valence-electron chi connectivity index (χ1n) is 5.76. The van der Waals surface area contributed by atoms with E-state index in [9.17, 15) is 5.11 Å². The molecule has 1 unspecified atom stereocenters. The van der Waals surface area contributed by atoms with Gasteiger partial charge in [0.2, 0.25) is 0 Å². The number of nitrogens with zero attached hydrogens (tertiary/aromatic N) is 1. The van der Waals surface area contributed by atoms with Crippen molar-refractivity contribution < 1.29 is 5.11 Å². The van der Waals surface area contributed by atoms with Gasteiger partial charge in [0.1, 0.15) is 0 Å². The average Bonchev–Trinajstić information content (AvgIpc) is 2.16. The third-order valence-electron chi connectivity index (χ3n) is 2.96. The van der Waals surface area contributed by atoms with Crippen LogP contribution in [0.15, 0.2) is 0 Å². The molecule has 0 aromatic heterocycles. The van der Waals surface area contributed by atoms with Gasteiger partial charge < -0.3 is 15.3 Å². The van der Waals surface area contributed by atoms with Crippen LogP contribution in [-0.4, -0.2) is 49.3 Å². The Bertz CT molecular complexity index is 144. The Morgan fingerprint density at radius 2 is 2.07 bits per heavy atom. The van der Waals surface area contributed by atoms with Crippen molar-refractivity contribution in [2.45, 2.75) is 32.3 Å². The fourth-order valence-electron chi connectivity index (χ4n) is 2.00. The van der Waals surface area contributed by atoms with Crippen LogP contribution < -0.4 is 5.32 Å². The van der Waals surface area contributed by atoms with Crippen molar-refractivity contribution in [2.24, 2.45) is 5.92 Å². The lowest BCUT2D eigenvalue weighted by Gasteiger charge is -2.27. The molecule has 0 aromatic carbocycles. The fourth-order valence-corrected chi connectivity index (χ4v) is 2.00. The Hall–Kier alpha value is -0.120. The van der Waals surface area contributed by atoms with E-state index >= 15 is 0 Å². The van der Waals surface area contributed by atoms with Crippen molar-refractivity contribution in [3.8, 4) is 0 Å². The second-order valence-corrected chi connectivity index (χ2v) is 4.59. The summed E-state index contributed by atoms with van der Waals surface area (Å²) in [4.78, 5) is 2.35. The summed E-state index contributed by atoms with van der Waals surface area (Å²) in [5.74, 6) is 0.857. The van der Waals surface area contributed by atoms with Gasteiger partial charge in [-0.05, 0) is 52.2 Å². The number of hydrogen-bond donors (Lipinski definition) is 2. The zero-order valence-electron chi connectivity index (χ0n) is 9.50. The highest BCUT2D eigenvalue weighted by atomic mass is 16.3. The van der Waals surface area contributed by atoms with E-state index in [2.05, 4.69) is 17.3 Å². The average molecular weight is 200 g/mol. The van der Waals surface area contributed by atoms with E-state index in [1.165, 1.54) is 32.5 Å². The minimum absolute atomic E-state index is 0.162. The van der Waals surface area contributed by atoms with Crippen LogP contribution in [0.1, 0.15) is 26.2 Å². The molecule has 0 saturated carbocycles. The molecule has 0 amide bonds. The van der Waals surface area contributed by atoms with E-state index in [4.69, 9.17) is 0 Å². The van der Waals surface area contributed by atoms with Crippen LogP contribution in [0.2, 0.25) is 0 Å². The molecule has 3 nitrogen and oxygen atoms in total. The van der Waals surface area contributed by atoms with Crippen LogP contribution in [0.4, 0.5) is 0 Å². The van der Waals surface area contributed by atoms with Gasteiger partial charge in [-0.3, -0.25) is 0 Å². The Morgan fingerprint density at radius 3 is 2.64 bits per heavy atom. The zero-order valence-corrected chi connectivity index (χ0v) is 9.50. The van der Waals surface area contributed by atoms with Crippen LogP contribution in [0.3, 0.4) is 0 Å². The summed E-state index contributed by atoms with van der Waals surface area (Å²) in [7, 11) is 2.16. The molecule has 1 saturated heterocycles. The van der Waals surface area contributed by atoms with E-state index in [1.54, 1.807) is 0 Å². The maximum absolute atomic E-state index is 9.17. The highest BCUT2D eigenvalue weighted by Gasteiger charge is 2.14. The van der Waals surface area contributed by atoms with Crippen LogP contribution in [0, 0.1) is 5.92 Å². The number of rotatable bonds is 5. The molecule has 1 fully saturated rings. The lowest BCUT2D eigenvalue weighted by molar-refractivity contribution is 0.155. The van der Waals surface area contributed by atoms with Crippen molar-refractivity contribution in [2.75, 3.05) is 33.2 Å². The Labute approximate surface area is 87.5 Å². The number of piperidine rings is 1. The highest BCUT2D eigenvalue weighted by molar-refractivity contribution is 4.71. The maximum atomic E-state index is 9.17. The van der Waals surface area contributed by atoms with Gasteiger partial charge in [-0.15, -0.1) is 0 Å². The topological polar surface area (TPSA) is 35.5 Å². The molecule has 0 radical (unpaired) electrons. The largest absolute Gasteiger partial charge is 0.393 e. The fraction of sp³-hybridized carbons (Fsp3) is 1.00. The van der Waals surface area contributed by atoms with E-state index < -0.39 is 0 Å². The number of aliphatic hydroxyl groups is 1. The van der Waals surface area contributed by atoms with Crippen LogP contribution >= 0.6 is 0 Å². The Kier molecular flexibility index (Phi) is 5.45. The summed E-state index contributed by atoms with van der Waals surface area (Å²) in [5.41, 5.74) is 0. The predicted octanol–water partition coefficient (Wildman–Crippen LogP) is 0.689. The van der Waals surface area contributed by atoms with Gasteiger partial charge in [-0.2, -0.15) is 0 Å². The molecule has 1 atom stereocenters. The highest BCUT2D eigenvalue weighted by Crippen LogP contribution is 2.12. The van der Waals surface area contributed by atoms with Crippen molar-refractivity contribution in [1.29, 1.82) is 0 Å². The van der Waals surface area contributed by atoms with Gasteiger partial charge in [-0.1, -0.05) is 0 Å². The Morgan fingerprint density at radius 1 is 1.43 bits per heavy atom. The first-order chi connectivity index (χ1) is 6.68. The summed E-state index contributed by atoms with van der Waals surface area (Å²) < 4.78 is 0. The Balaban J connectivity index is 2.09. The summed E-state index contributed by atoms with van der Waals surface area (Å²) in [6.45, 7) is 6.41. The second-order valence-electron chi connectivity index (χ2n) is 4.59. The van der Waals surface area contributed by atoms with Crippen molar-refractivity contribution in [3.63, 3.8) is 0 Å². The predicted molar refractivity (Wildman–Crippen MR) is 59.4 cm³/mol. The summed E-state index contributed by atoms with van der Waals surface area (Å²) in [6.07, 6.45) is 3.34. The van der Waals surface area contributed by atoms with Gasteiger partial charge in [0, 0.05) is 13.1 Å². The molecular formula is C11H24N2O. The number of nitrogens with one attached hydrogen (secondary N) is 1. The van der Waals surface area contributed by atoms with Gasteiger partial charge in [0.05, 0.1) is 6.10 Å². The van der Waals surface area contributed by atoms with Gasteiger partial charge in [-0.25, -0.2) is 0 Å². The van der Waals surface area contributed by atoms with E-state index in [-0.39, 0.29) is 6.10 Å². The normalized spacial score (nSPS) is 21.4. The van der Waals surface area contributed by atoms with E-state index in [0.29, 0.717) is 0 Å². The molecule has 3 heteroatoms. The first kappa shape index (κ1) is 12.0. The third kappa shape index (κ3) is 4.94. The lowest BCUT2D eigenvalue weighted by Crippen LogP contribution is -2.35. The SMILES string of the molecule is CC(O)CCN(C)CC1CCNCC1. The molecule has 84 valence electrons. The molecule has 1 aliphatic heterocycles. The number of hydrogen-bond acceptors (Lipinski definition) is 3. The van der Waals surface area contributed by atoms with Crippen molar-refractivity contribution in [1.82, 2.24) is 10.2 Å². The quantitative estimate of drug-likeness (QED) is 0.685. The zero-order chi connectivity index (χ0) is 10.4. The monoisotopic (exact) mass is 200 g/mol. The molecule has 14 heavy (non-hydrogen) atoms. The molecule has 1 rings (SSSR count). The third-order valence-corrected chi connectivity index (χ3v) is 2.96. The summed E-state index contributed by atoms with van der Waals surface area (Å²) in [5, 5.41) is 12.6. The molecular weight excluding hydrogens is 176 g/mol. The second kappa shape index (κ2) is 6.38.